The molecule has 1 heterocycles. The summed E-state index contributed by atoms with van der Waals surface area (Å²) >= 11 is 0. The third-order valence-corrected chi connectivity index (χ3v) is 5.85. The molecule has 36 heavy (non-hydrogen) atoms. The molecule has 0 radical (unpaired) electrons. The second-order valence-corrected chi connectivity index (χ2v) is 9.68. The van der Waals surface area contributed by atoms with Crippen LogP contribution in [0.2, 0.25) is 0 Å². The number of hydrogen-bond donors (Lipinski definition) is 0. The first-order chi connectivity index (χ1) is 16.4. The summed E-state index contributed by atoms with van der Waals surface area (Å²) < 4.78 is 139. The molecule has 1 saturated heterocycles. The summed E-state index contributed by atoms with van der Waals surface area (Å²) in [5.41, 5.74) is -5.68. The lowest BCUT2D eigenvalue weighted by Crippen LogP contribution is -2.34. The lowest BCUT2D eigenvalue weighted by molar-refractivity contribution is -0.143. The molecule has 15 heteroatoms. The summed E-state index contributed by atoms with van der Waals surface area (Å²) in [5, 5.41) is 0. The zero-order chi connectivity index (χ0) is 27.1. The molecule has 0 aromatic heterocycles. The van der Waals surface area contributed by atoms with E-state index in [1.807, 2.05) is 0 Å². The molecular weight excluding hydrogens is 530 g/mol. The van der Waals surface area contributed by atoms with Crippen LogP contribution in [-0.2, 0) is 43.5 Å². The molecule has 2 aromatic carbocycles. The van der Waals surface area contributed by atoms with E-state index in [4.69, 9.17) is 4.74 Å². The van der Waals surface area contributed by atoms with Crippen molar-refractivity contribution in [1.82, 2.24) is 4.90 Å². The molecule has 1 aliphatic rings. The van der Waals surface area contributed by atoms with Crippen LogP contribution in [0.25, 0.3) is 0 Å². The van der Waals surface area contributed by atoms with E-state index in [1.54, 1.807) is 0 Å². The van der Waals surface area contributed by atoms with Crippen molar-refractivity contribution in [2.24, 2.45) is 0 Å². The molecule has 3 rings (SSSR count). The van der Waals surface area contributed by atoms with Crippen LogP contribution in [0.5, 0.6) is 0 Å². The lowest BCUT2D eigenvalue weighted by atomic mass is 9.90. The zero-order valence-electron chi connectivity index (χ0n) is 18.2. The zero-order valence-corrected chi connectivity index (χ0v) is 19.0. The van der Waals surface area contributed by atoms with Gasteiger partial charge < -0.3 is 4.74 Å². The molecule has 1 unspecified atom stereocenters. The fourth-order valence-corrected chi connectivity index (χ4v) is 4.04. The average molecular weight is 547 g/mol. The maximum Gasteiger partial charge on any atom is 0.416 e. The van der Waals surface area contributed by atoms with E-state index in [-0.39, 0.29) is 11.6 Å². The van der Waals surface area contributed by atoms with Crippen LogP contribution in [0.1, 0.15) is 28.7 Å². The first kappa shape index (κ1) is 27.6. The molecule has 198 valence electrons. The van der Waals surface area contributed by atoms with E-state index >= 15 is 0 Å². The Bertz CT molecular complexity index is 1230. The third kappa shape index (κ3) is 6.43. The van der Waals surface area contributed by atoms with Gasteiger partial charge in [0.25, 0.3) is 10.1 Å². The van der Waals surface area contributed by atoms with Gasteiger partial charge in [-0.3, -0.25) is 9.08 Å². The molecule has 0 saturated carbocycles. The number of cyclic esters (lactones) is 1. The molecule has 1 amide bonds. The highest BCUT2D eigenvalue weighted by atomic mass is 32.2. The minimum Gasteiger partial charge on any atom is -0.436 e. The minimum absolute atomic E-state index is 0.0695. The first-order valence-corrected chi connectivity index (χ1v) is 11.8. The average Bonchev–Trinajstić information content (AvgIpc) is 3.03. The summed E-state index contributed by atoms with van der Waals surface area (Å²) in [7, 11) is -3.95. The number of nitrogens with zero attached hydrogens (tertiary/aromatic N) is 1. The number of rotatable bonds is 7. The summed E-state index contributed by atoms with van der Waals surface area (Å²) in [5.74, 6) is -2.58. The highest BCUT2D eigenvalue weighted by Gasteiger charge is 2.47. The van der Waals surface area contributed by atoms with Gasteiger partial charge in [0, 0.05) is 18.5 Å². The van der Waals surface area contributed by atoms with Gasteiger partial charge in [0.05, 0.1) is 30.5 Å². The van der Waals surface area contributed by atoms with Crippen molar-refractivity contribution in [3.05, 3.63) is 70.3 Å². The maximum atomic E-state index is 13.9. The van der Waals surface area contributed by atoms with Gasteiger partial charge in [0.1, 0.15) is 0 Å². The van der Waals surface area contributed by atoms with Gasteiger partial charge in [-0.2, -0.15) is 34.8 Å². The monoisotopic (exact) mass is 547 g/mol. The van der Waals surface area contributed by atoms with E-state index in [2.05, 4.69) is 4.18 Å². The Morgan fingerprint density at radius 1 is 0.972 bits per heavy atom. The Balaban J connectivity index is 1.97. The number of hydrogen-bond acceptors (Lipinski definition) is 5. The molecule has 0 N–H and O–H groups in total. The topological polar surface area (TPSA) is 72.9 Å². The van der Waals surface area contributed by atoms with Gasteiger partial charge in [-0.05, 0) is 35.9 Å². The number of carbonyl (C=O) groups excluding carboxylic acids is 1. The van der Waals surface area contributed by atoms with Crippen LogP contribution in [0.3, 0.4) is 0 Å². The Morgan fingerprint density at radius 2 is 1.56 bits per heavy atom. The number of alkyl halides is 6. The molecule has 1 atom stereocenters. The van der Waals surface area contributed by atoms with Crippen molar-refractivity contribution in [3.8, 4) is 0 Å². The number of amides is 1. The largest absolute Gasteiger partial charge is 0.436 e. The van der Waals surface area contributed by atoms with Gasteiger partial charge in [0.2, 0.25) is 0 Å². The molecule has 0 aliphatic carbocycles. The normalized spacial score (nSPS) is 19.0. The van der Waals surface area contributed by atoms with Crippen LogP contribution >= 0.6 is 0 Å². The third-order valence-electron chi connectivity index (χ3n) is 5.26. The molecular formula is C21H17F8NO5S. The van der Waals surface area contributed by atoms with E-state index in [0.29, 0.717) is 24.3 Å². The Morgan fingerprint density at radius 3 is 2.06 bits per heavy atom. The Hall–Kier alpha value is -2.94. The molecule has 2 aromatic rings. The smallest absolute Gasteiger partial charge is 0.416 e. The van der Waals surface area contributed by atoms with E-state index in [1.165, 1.54) is 0 Å². The van der Waals surface area contributed by atoms with Gasteiger partial charge >= 0.3 is 18.4 Å². The fraction of sp³-hybridized carbons (Fsp3) is 0.381. The highest BCUT2D eigenvalue weighted by molar-refractivity contribution is 7.85. The van der Waals surface area contributed by atoms with Crippen LogP contribution in [0.15, 0.2) is 36.4 Å². The number of benzene rings is 2. The van der Waals surface area contributed by atoms with Gasteiger partial charge in [-0.15, -0.1) is 0 Å². The van der Waals surface area contributed by atoms with E-state index in [9.17, 15) is 48.3 Å². The van der Waals surface area contributed by atoms with Crippen LogP contribution in [0.4, 0.5) is 39.9 Å². The highest BCUT2D eigenvalue weighted by Crippen LogP contribution is 2.40. The van der Waals surface area contributed by atoms with E-state index in [0.717, 1.165) is 17.2 Å². The minimum atomic E-state index is -5.11. The summed E-state index contributed by atoms with van der Waals surface area (Å²) in [6.45, 7) is -1.88. The van der Waals surface area contributed by atoms with Gasteiger partial charge in [-0.1, -0.05) is 6.07 Å². The fourth-order valence-electron chi connectivity index (χ4n) is 3.65. The van der Waals surface area contributed by atoms with Crippen molar-refractivity contribution >= 4 is 16.2 Å². The summed E-state index contributed by atoms with van der Waals surface area (Å²) in [6.07, 6.45) is -11.1. The predicted octanol–water partition coefficient (Wildman–Crippen LogP) is 5.22. The van der Waals surface area contributed by atoms with Crippen molar-refractivity contribution in [3.63, 3.8) is 0 Å². The molecule has 6 nitrogen and oxygen atoms in total. The van der Waals surface area contributed by atoms with Crippen molar-refractivity contribution in [1.29, 1.82) is 0 Å². The van der Waals surface area contributed by atoms with Gasteiger partial charge in [-0.25, -0.2) is 13.6 Å². The molecule has 1 aliphatic heterocycles. The number of ether oxygens (including phenoxy) is 1. The Labute approximate surface area is 199 Å². The van der Waals surface area contributed by atoms with Crippen LogP contribution in [-0.4, -0.2) is 38.8 Å². The predicted molar refractivity (Wildman–Crippen MR) is 107 cm³/mol. The summed E-state index contributed by atoms with van der Waals surface area (Å²) in [4.78, 5) is 13.3. The second-order valence-electron chi connectivity index (χ2n) is 8.04. The van der Waals surface area contributed by atoms with Crippen LogP contribution < -0.4 is 0 Å². The van der Waals surface area contributed by atoms with Crippen molar-refractivity contribution < 1.29 is 57.3 Å². The quantitative estimate of drug-likeness (QED) is 0.351. The number of halogens is 8. The van der Waals surface area contributed by atoms with E-state index < -0.39 is 88.6 Å². The van der Waals surface area contributed by atoms with Crippen molar-refractivity contribution in [2.75, 3.05) is 19.4 Å². The first-order valence-electron chi connectivity index (χ1n) is 9.96. The Kier molecular flexibility index (Phi) is 7.29. The maximum absolute atomic E-state index is 13.9. The lowest BCUT2D eigenvalue weighted by Gasteiger charge is -2.27. The molecule has 0 spiro atoms. The standard InChI is InChI=1S/C21H17F8NO5S/c1-36(32,33)34-5-4-19(13-2-3-16(22)17(23)9-13)11-30(18(31)35-19)10-12-6-14(20(24,25)26)8-15(7-12)21(27,28)29/h2-3,6-9H,4-5,10-11H2,1H3. The van der Waals surface area contributed by atoms with Crippen molar-refractivity contribution in [2.45, 2.75) is 30.9 Å². The number of carbonyl (C=O) groups is 1. The molecule has 0 bridgehead atoms. The SMILES string of the molecule is CS(=O)(=O)OCCC1(c2ccc(F)c(F)c2)CN(Cc2cc(C(F)(F)F)cc(C(F)(F)F)c2)C(=O)O1. The van der Waals surface area contributed by atoms with Crippen LogP contribution in [0, 0.1) is 11.6 Å². The summed E-state index contributed by atoms with van der Waals surface area (Å²) in [6, 6.07) is 3.24. The molecule has 1 fully saturated rings. The van der Waals surface area contributed by atoms with Gasteiger partial charge in [0.15, 0.2) is 17.2 Å². The second kappa shape index (κ2) is 9.50.